The summed E-state index contributed by atoms with van der Waals surface area (Å²) in [6.45, 7) is 4.36. The van der Waals surface area contributed by atoms with E-state index >= 15 is 0 Å². The monoisotopic (exact) mass is 338 g/mol. The molecule has 24 heavy (non-hydrogen) atoms. The van der Waals surface area contributed by atoms with E-state index in [0.717, 1.165) is 18.8 Å². The van der Waals surface area contributed by atoms with Gasteiger partial charge in [-0.15, -0.1) is 12.4 Å². The summed E-state index contributed by atoms with van der Waals surface area (Å²) in [4.78, 5) is 5.13. The molecular formula is C21H23ClN2. The summed E-state index contributed by atoms with van der Waals surface area (Å²) in [5, 5.41) is 6.00. The first-order valence-corrected chi connectivity index (χ1v) is 8.49. The number of pyridine rings is 1. The number of benzene rings is 2. The third-order valence-electron chi connectivity index (χ3n) is 4.92. The Morgan fingerprint density at radius 1 is 0.958 bits per heavy atom. The maximum atomic E-state index is 5.13. The van der Waals surface area contributed by atoms with Gasteiger partial charge in [0, 0.05) is 22.6 Å². The van der Waals surface area contributed by atoms with Crippen molar-refractivity contribution in [3.8, 4) is 11.3 Å². The van der Waals surface area contributed by atoms with Gasteiger partial charge in [0.25, 0.3) is 0 Å². The van der Waals surface area contributed by atoms with Gasteiger partial charge in [-0.2, -0.15) is 0 Å². The van der Waals surface area contributed by atoms with Crippen LogP contribution in [-0.2, 0) is 0 Å². The van der Waals surface area contributed by atoms with E-state index in [1.54, 1.807) is 0 Å². The lowest BCUT2D eigenvalue weighted by Crippen LogP contribution is -2.27. The van der Waals surface area contributed by atoms with E-state index in [2.05, 4.69) is 66.8 Å². The molecule has 3 aromatic rings. The van der Waals surface area contributed by atoms with Gasteiger partial charge in [-0.1, -0.05) is 48.5 Å². The predicted molar refractivity (Wildman–Crippen MR) is 104 cm³/mol. The number of rotatable bonds is 2. The summed E-state index contributed by atoms with van der Waals surface area (Å²) in [7, 11) is 0. The molecule has 1 saturated heterocycles. The molecule has 3 heteroatoms. The van der Waals surface area contributed by atoms with Crippen molar-refractivity contribution in [1.82, 2.24) is 10.3 Å². The first-order valence-electron chi connectivity index (χ1n) is 8.49. The van der Waals surface area contributed by atoms with Crippen LogP contribution in [0, 0.1) is 6.92 Å². The molecule has 2 heterocycles. The Labute approximate surface area is 149 Å². The maximum Gasteiger partial charge on any atom is 0.0786 e. The summed E-state index contributed by atoms with van der Waals surface area (Å²) in [6.07, 6.45) is 2.36. The van der Waals surface area contributed by atoms with Crippen LogP contribution in [0.25, 0.3) is 22.0 Å². The number of aryl methyl sites for hydroxylation is 1. The summed E-state index contributed by atoms with van der Waals surface area (Å²) < 4.78 is 0. The molecule has 0 bridgehead atoms. The highest BCUT2D eigenvalue weighted by molar-refractivity contribution is 5.95. The zero-order chi connectivity index (χ0) is 15.6. The highest BCUT2D eigenvalue weighted by Crippen LogP contribution is 2.33. The largest absolute Gasteiger partial charge is 0.317 e. The molecule has 4 rings (SSSR count). The molecule has 124 valence electrons. The van der Waals surface area contributed by atoms with Gasteiger partial charge in [0.2, 0.25) is 0 Å². The zero-order valence-electron chi connectivity index (χ0n) is 14.0. The van der Waals surface area contributed by atoms with Gasteiger partial charge >= 0.3 is 0 Å². The molecule has 1 N–H and O–H groups in total. The first kappa shape index (κ1) is 16.9. The van der Waals surface area contributed by atoms with Crippen molar-refractivity contribution in [1.29, 1.82) is 0 Å². The Kier molecular flexibility index (Phi) is 5.17. The number of nitrogens with one attached hydrogen (secondary N) is 1. The standard InChI is InChI=1S/C21H22N2.ClH/c1-15-6-2-4-8-18(15)21-19-9-5-3-7-17(19)14-20(23-21)16-10-12-22-13-11-16;/h2-9,14,16,22H,10-13H2,1H3;1H. The average Bonchev–Trinajstić information content (AvgIpc) is 2.62. The van der Waals surface area contributed by atoms with Crippen molar-refractivity contribution in [2.45, 2.75) is 25.7 Å². The summed E-state index contributed by atoms with van der Waals surface area (Å²) in [6, 6.07) is 19.5. The minimum atomic E-state index is 0. The number of aromatic nitrogens is 1. The number of fused-ring (bicyclic) bond motifs is 1. The van der Waals surface area contributed by atoms with Crippen LogP contribution in [0.2, 0.25) is 0 Å². The second-order valence-corrected chi connectivity index (χ2v) is 6.46. The van der Waals surface area contributed by atoms with E-state index in [1.807, 2.05) is 0 Å². The van der Waals surface area contributed by atoms with Crippen molar-refractivity contribution in [3.05, 3.63) is 65.9 Å². The van der Waals surface area contributed by atoms with Gasteiger partial charge < -0.3 is 5.32 Å². The zero-order valence-corrected chi connectivity index (χ0v) is 14.8. The van der Waals surface area contributed by atoms with E-state index in [9.17, 15) is 0 Å². The van der Waals surface area contributed by atoms with Crippen LogP contribution >= 0.6 is 12.4 Å². The first-order chi connectivity index (χ1) is 11.3. The van der Waals surface area contributed by atoms with E-state index < -0.39 is 0 Å². The lowest BCUT2D eigenvalue weighted by Gasteiger charge is -2.23. The summed E-state index contributed by atoms with van der Waals surface area (Å²) >= 11 is 0. The minimum absolute atomic E-state index is 0. The summed E-state index contributed by atoms with van der Waals surface area (Å²) in [5.41, 5.74) is 4.92. The van der Waals surface area contributed by atoms with E-state index in [-0.39, 0.29) is 12.4 Å². The molecule has 0 unspecified atom stereocenters. The highest BCUT2D eigenvalue weighted by atomic mass is 35.5. The van der Waals surface area contributed by atoms with Crippen molar-refractivity contribution in [3.63, 3.8) is 0 Å². The molecule has 0 spiro atoms. The fourth-order valence-electron chi connectivity index (χ4n) is 3.59. The van der Waals surface area contributed by atoms with Crippen LogP contribution in [0.15, 0.2) is 54.6 Å². The number of nitrogens with zero attached hydrogens (tertiary/aromatic N) is 1. The van der Waals surface area contributed by atoms with Crippen molar-refractivity contribution < 1.29 is 0 Å². The summed E-state index contributed by atoms with van der Waals surface area (Å²) in [5.74, 6) is 0.573. The molecule has 1 aliphatic heterocycles. The lowest BCUT2D eigenvalue weighted by atomic mass is 9.91. The fourth-order valence-corrected chi connectivity index (χ4v) is 3.59. The van der Waals surface area contributed by atoms with Crippen LogP contribution in [0.4, 0.5) is 0 Å². The smallest absolute Gasteiger partial charge is 0.0786 e. The third kappa shape index (κ3) is 3.17. The van der Waals surface area contributed by atoms with Crippen molar-refractivity contribution in [2.75, 3.05) is 13.1 Å². The molecule has 1 fully saturated rings. The normalized spacial score (nSPS) is 15.2. The SMILES string of the molecule is Cc1ccccc1-c1nc(C2CCNCC2)cc2ccccc12.Cl. The topological polar surface area (TPSA) is 24.9 Å². The van der Waals surface area contributed by atoms with E-state index in [4.69, 9.17) is 4.98 Å². The molecule has 0 atom stereocenters. The van der Waals surface area contributed by atoms with Gasteiger partial charge in [0.15, 0.2) is 0 Å². The maximum absolute atomic E-state index is 5.13. The van der Waals surface area contributed by atoms with Crippen LogP contribution in [0.5, 0.6) is 0 Å². The minimum Gasteiger partial charge on any atom is -0.317 e. The Bertz CT molecular complexity index is 838. The Hall–Kier alpha value is -1.90. The molecule has 0 amide bonds. The van der Waals surface area contributed by atoms with Crippen molar-refractivity contribution >= 4 is 23.2 Å². The molecule has 1 aliphatic rings. The van der Waals surface area contributed by atoms with Gasteiger partial charge in [0.05, 0.1) is 5.69 Å². The molecule has 0 aliphatic carbocycles. The van der Waals surface area contributed by atoms with Gasteiger partial charge in [0.1, 0.15) is 0 Å². The second-order valence-electron chi connectivity index (χ2n) is 6.46. The number of hydrogen-bond donors (Lipinski definition) is 1. The molecule has 1 aromatic heterocycles. The van der Waals surface area contributed by atoms with Crippen LogP contribution in [0.3, 0.4) is 0 Å². The Morgan fingerprint density at radius 3 is 2.46 bits per heavy atom. The Morgan fingerprint density at radius 2 is 1.67 bits per heavy atom. The molecule has 2 aromatic carbocycles. The van der Waals surface area contributed by atoms with E-state index in [0.29, 0.717) is 5.92 Å². The fraction of sp³-hybridized carbons (Fsp3) is 0.286. The quantitative estimate of drug-likeness (QED) is 0.703. The Balaban J connectivity index is 0.00000169. The van der Waals surface area contributed by atoms with Crippen LogP contribution in [-0.4, -0.2) is 18.1 Å². The second kappa shape index (κ2) is 7.33. The molecular weight excluding hydrogens is 316 g/mol. The number of hydrogen-bond acceptors (Lipinski definition) is 2. The number of piperidine rings is 1. The van der Waals surface area contributed by atoms with Gasteiger partial charge in [-0.05, 0) is 49.9 Å². The van der Waals surface area contributed by atoms with Crippen molar-refractivity contribution in [2.24, 2.45) is 0 Å². The number of halogens is 1. The predicted octanol–water partition coefficient (Wildman–Crippen LogP) is 5.10. The van der Waals surface area contributed by atoms with Crippen LogP contribution in [0.1, 0.15) is 30.0 Å². The molecule has 0 saturated carbocycles. The molecule has 0 radical (unpaired) electrons. The van der Waals surface area contributed by atoms with E-state index in [1.165, 1.54) is 40.4 Å². The third-order valence-corrected chi connectivity index (χ3v) is 4.92. The highest BCUT2D eigenvalue weighted by Gasteiger charge is 2.19. The van der Waals surface area contributed by atoms with Crippen LogP contribution < -0.4 is 5.32 Å². The average molecular weight is 339 g/mol. The van der Waals surface area contributed by atoms with Gasteiger partial charge in [-0.25, -0.2) is 0 Å². The molecule has 2 nitrogen and oxygen atoms in total. The van der Waals surface area contributed by atoms with Gasteiger partial charge in [-0.3, -0.25) is 4.98 Å². The lowest BCUT2D eigenvalue weighted by molar-refractivity contribution is 0.454.